The molecule has 0 atom stereocenters. The fourth-order valence-electron chi connectivity index (χ4n) is 2.67. The van der Waals surface area contributed by atoms with Gasteiger partial charge in [0.2, 0.25) is 0 Å². The second-order valence-electron chi connectivity index (χ2n) is 5.36. The molecular weight excluding hydrogens is 242 g/mol. The van der Waals surface area contributed by atoms with Crippen LogP contribution >= 0.6 is 0 Å². The molecule has 1 N–H and O–H groups in total. The van der Waals surface area contributed by atoms with Gasteiger partial charge in [-0.1, -0.05) is 0 Å². The first kappa shape index (κ1) is 13.9. The largest absolute Gasteiger partial charge is 0.396 e. The number of hydrogen-bond donors (Lipinski definition) is 1. The minimum Gasteiger partial charge on any atom is -0.396 e. The number of aliphatic hydroxyl groups excluding tert-OH is 1. The monoisotopic (exact) mass is 263 g/mol. The third-order valence-corrected chi connectivity index (χ3v) is 3.97. The van der Waals surface area contributed by atoms with Gasteiger partial charge in [0.05, 0.1) is 17.5 Å². The SMILES string of the molecule is Cc1cc(C(=O)N(C)C2CCC(CO)CC2)cnn1. The van der Waals surface area contributed by atoms with E-state index in [-0.39, 0.29) is 18.6 Å². The van der Waals surface area contributed by atoms with Crippen molar-refractivity contribution in [3.63, 3.8) is 0 Å². The maximum absolute atomic E-state index is 12.4. The van der Waals surface area contributed by atoms with E-state index in [0.29, 0.717) is 11.5 Å². The van der Waals surface area contributed by atoms with Crippen LogP contribution in [0.1, 0.15) is 41.7 Å². The molecule has 0 aliphatic heterocycles. The Labute approximate surface area is 113 Å². The number of aryl methyl sites for hydroxylation is 1. The van der Waals surface area contributed by atoms with Gasteiger partial charge in [0, 0.05) is 19.7 Å². The van der Waals surface area contributed by atoms with E-state index in [1.54, 1.807) is 6.07 Å². The third kappa shape index (κ3) is 3.29. The maximum Gasteiger partial charge on any atom is 0.255 e. The fraction of sp³-hybridized carbons (Fsp3) is 0.643. The Bertz CT molecular complexity index is 442. The molecule has 1 aromatic heterocycles. The molecule has 2 rings (SSSR count). The van der Waals surface area contributed by atoms with Gasteiger partial charge in [-0.05, 0) is 44.6 Å². The average Bonchev–Trinajstić information content (AvgIpc) is 2.46. The molecule has 1 aliphatic rings. The van der Waals surface area contributed by atoms with Crippen molar-refractivity contribution in [2.24, 2.45) is 5.92 Å². The molecule has 0 spiro atoms. The molecule has 1 aromatic rings. The van der Waals surface area contributed by atoms with E-state index in [0.717, 1.165) is 31.4 Å². The summed E-state index contributed by atoms with van der Waals surface area (Å²) >= 11 is 0. The predicted octanol–water partition coefficient (Wildman–Crippen LogP) is 1.41. The minimum absolute atomic E-state index is 0.00504. The Morgan fingerprint density at radius 2 is 2.11 bits per heavy atom. The van der Waals surface area contributed by atoms with Gasteiger partial charge in [-0.3, -0.25) is 4.79 Å². The lowest BCUT2D eigenvalue weighted by molar-refractivity contribution is 0.0652. The van der Waals surface area contributed by atoms with Gasteiger partial charge >= 0.3 is 0 Å². The van der Waals surface area contributed by atoms with Gasteiger partial charge in [0.25, 0.3) is 5.91 Å². The molecule has 0 bridgehead atoms. The van der Waals surface area contributed by atoms with Crippen LogP contribution in [0.3, 0.4) is 0 Å². The van der Waals surface area contributed by atoms with Crippen LogP contribution in [0.2, 0.25) is 0 Å². The Morgan fingerprint density at radius 1 is 1.42 bits per heavy atom. The van der Waals surface area contributed by atoms with Crippen LogP contribution in [0.4, 0.5) is 0 Å². The Hall–Kier alpha value is -1.49. The van der Waals surface area contributed by atoms with E-state index in [9.17, 15) is 4.79 Å². The van der Waals surface area contributed by atoms with Crippen molar-refractivity contribution in [3.05, 3.63) is 23.5 Å². The second-order valence-corrected chi connectivity index (χ2v) is 5.36. The Morgan fingerprint density at radius 3 is 2.68 bits per heavy atom. The highest BCUT2D eigenvalue weighted by Crippen LogP contribution is 2.27. The summed E-state index contributed by atoms with van der Waals surface area (Å²) in [6.07, 6.45) is 5.43. The van der Waals surface area contributed by atoms with Crippen LogP contribution in [-0.4, -0.2) is 45.8 Å². The van der Waals surface area contributed by atoms with Gasteiger partial charge < -0.3 is 10.0 Å². The maximum atomic E-state index is 12.4. The van der Waals surface area contributed by atoms with Crippen molar-refractivity contribution in [1.29, 1.82) is 0 Å². The molecular formula is C14H21N3O2. The standard InChI is InChI=1S/C14H21N3O2/c1-10-7-12(8-15-16-10)14(19)17(2)13-5-3-11(9-18)4-6-13/h7-8,11,13,18H,3-6,9H2,1-2H3. The number of nitrogens with zero attached hydrogens (tertiary/aromatic N) is 3. The summed E-state index contributed by atoms with van der Waals surface area (Å²) in [6, 6.07) is 2.04. The first-order chi connectivity index (χ1) is 9.11. The number of rotatable bonds is 3. The quantitative estimate of drug-likeness (QED) is 0.895. The molecule has 1 heterocycles. The van der Waals surface area contributed by atoms with Crippen LogP contribution in [-0.2, 0) is 0 Å². The van der Waals surface area contributed by atoms with Crippen LogP contribution in [0.15, 0.2) is 12.3 Å². The molecule has 1 fully saturated rings. The summed E-state index contributed by atoms with van der Waals surface area (Å²) in [5.74, 6) is 0.412. The van der Waals surface area contributed by atoms with E-state index in [2.05, 4.69) is 10.2 Å². The van der Waals surface area contributed by atoms with Gasteiger partial charge in [-0.25, -0.2) is 0 Å². The molecule has 1 aliphatic carbocycles. The molecule has 0 saturated heterocycles. The van der Waals surface area contributed by atoms with Gasteiger partial charge in [-0.15, -0.1) is 0 Å². The van der Waals surface area contributed by atoms with E-state index < -0.39 is 0 Å². The summed E-state index contributed by atoms with van der Waals surface area (Å²) in [7, 11) is 1.85. The van der Waals surface area contributed by atoms with Gasteiger partial charge in [0.15, 0.2) is 0 Å². The van der Waals surface area contributed by atoms with Crippen molar-refractivity contribution in [2.45, 2.75) is 38.6 Å². The molecule has 1 amide bonds. The van der Waals surface area contributed by atoms with Crippen molar-refractivity contribution in [1.82, 2.24) is 15.1 Å². The van der Waals surface area contributed by atoms with Crippen LogP contribution in [0.5, 0.6) is 0 Å². The fourth-order valence-corrected chi connectivity index (χ4v) is 2.67. The van der Waals surface area contributed by atoms with Gasteiger partial charge in [-0.2, -0.15) is 10.2 Å². The Kier molecular flexibility index (Phi) is 4.47. The topological polar surface area (TPSA) is 66.3 Å². The zero-order valence-corrected chi connectivity index (χ0v) is 11.5. The molecule has 0 unspecified atom stereocenters. The average molecular weight is 263 g/mol. The second kappa shape index (κ2) is 6.10. The normalized spacial score (nSPS) is 23.1. The minimum atomic E-state index is 0.00504. The predicted molar refractivity (Wildman–Crippen MR) is 71.7 cm³/mol. The van der Waals surface area contributed by atoms with Crippen LogP contribution in [0, 0.1) is 12.8 Å². The first-order valence-corrected chi connectivity index (χ1v) is 6.79. The number of aromatic nitrogens is 2. The molecule has 5 nitrogen and oxygen atoms in total. The van der Waals surface area contributed by atoms with Crippen molar-refractivity contribution < 1.29 is 9.90 Å². The molecule has 19 heavy (non-hydrogen) atoms. The van der Waals surface area contributed by atoms with Crippen molar-refractivity contribution >= 4 is 5.91 Å². The summed E-state index contributed by atoms with van der Waals surface area (Å²) < 4.78 is 0. The number of carbonyl (C=O) groups is 1. The van der Waals surface area contributed by atoms with Crippen LogP contribution < -0.4 is 0 Å². The lowest BCUT2D eigenvalue weighted by Crippen LogP contribution is -2.40. The highest BCUT2D eigenvalue weighted by atomic mass is 16.3. The van der Waals surface area contributed by atoms with E-state index in [1.165, 1.54) is 6.20 Å². The first-order valence-electron chi connectivity index (χ1n) is 6.79. The summed E-state index contributed by atoms with van der Waals surface area (Å²) in [5.41, 5.74) is 1.35. The zero-order chi connectivity index (χ0) is 13.8. The lowest BCUT2D eigenvalue weighted by Gasteiger charge is -2.34. The summed E-state index contributed by atoms with van der Waals surface area (Å²) in [5, 5.41) is 16.8. The number of aliphatic hydroxyl groups is 1. The molecule has 5 heteroatoms. The van der Waals surface area contributed by atoms with E-state index in [4.69, 9.17) is 5.11 Å². The molecule has 0 radical (unpaired) electrons. The van der Waals surface area contributed by atoms with Crippen molar-refractivity contribution in [2.75, 3.05) is 13.7 Å². The Balaban J connectivity index is 2.00. The highest BCUT2D eigenvalue weighted by Gasteiger charge is 2.26. The number of amides is 1. The summed E-state index contributed by atoms with van der Waals surface area (Å²) in [6.45, 7) is 2.09. The van der Waals surface area contributed by atoms with E-state index in [1.807, 2.05) is 18.9 Å². The highest BCUT2D eigenvalue weighted by molar-refractivity contribution is 5.94. The lowest BCUT2D eigenvalue weighted by atomic mass is 9.86. The summed E-state index contributed by atoms with van der Waals surface area (Å²) in [4.78, 5) is 14.2. The van der Waals surface area contributed by atoms with E-state index >= 15 is 0 Å². The molecule has 0 aromatic carbocycles. The smallest absolute Gasteiger partial charge is 0.255 e. The van der Waals surface area contributed by atoms with Crippen LogP contribution in [0.25, 0.3) is 0 Å². The number of carbonyl (C=O) groups excluding carboxylic acids is 1. The van der Waals surface area contributed by atoms with Gasteiger partial charge in [0.1, 0.15) is 0 Å². The third-order valence-electron chi connectivity index (χ3n) is 3.97. The molecule has 1 saturated carbocycles. The molecule has 104 valence electrons. The zero-order valence-electron chi connectivity index (χ0n) is 11.5. The number of hydrogen-bond acceptors (Lipinski definition) is 4. The van der Waals surface area contributed by atoms with Crippen molar-refractivity contribution in [3.8, 4) is 0 Å².